The maximum absolute atomic E-state index is 5.97. The third-order valence-corrected chi connectivity index (χ3v) is 5.85. The zero-order valence-electron chi connectivity index (χ0n) is 11.4. The molecule has 0 aliphatic carbocycles. The maximum atomic E-state index is 5.97. The Labute approximate surface area is 127 Å². The molecule has 0 radical (unpaired) electrons. The largest absolute Gasteiger partial charge is 0.329 e. The zero-order chi connectivity index (χ0) is 14.0. The topological polar surface area (TPSA) is 33.6 Å². The van der Waals surface area contributed by atoms with E-state index >= 15 is 0 Å². The van der Waals surface area contributed by atoms with Crippen LogP contribution in [-0.2, 0) is 6.54 Å². The lowest BCUT2D eigenvalue weighted by atomic mass is 10.0. The number of rotatable bonds is 5. The number of halogens is 1. The molecule has 6 heteroatoms. The van der Waals surface area contributed by atoms with Crippen LogP contribution in [0.5, 0.6) is 0 Å². The number of nitrogens with one attached hydrogen (secondary N) is 1. The van der Waals surface area contributed by atoms with Crippen LogP contribution in [-0.4, -0.2) is 25.5 Å². The molecule has 0 aromatic carbocycles. The van der Waals surface area contributed by atoms with E-state index in [9.17, 15) is 0 Å². The molecule has 0 fully saturated rings. The Bertz CT molecular complexity index is 620. The summed E-state index contributed by atoms with van der Waals surface area (Å²) >= 11 is 13.3. The van der Waals surface area contributed by atoms with Crippen LogP contribution in [0.4, 0.5) is 0 Å². The van der Waals surface area contributed by atoms with E-state index in [4.69, 9.17) is 23.8 Å². The lowest BCUT2D eigenvalue weighted by Gasteiger charge is -2.30. The first kappa shape index (κ1) is 14.9. The highest BCUT2D eigenvalue weighted by Crippen LogP contribution is 2.33. The Morgan fingerprint density at radius 1 is 1.47 bits per heavy atom. The summed E-state index contributed by atoms with van der Waals surface area (Å²) in [6, 6.07) is 1.87. The van der Waals surface area contributed by atoms with Crippen molar-refractivity contribution in [3.05, 3.63) is 22.1 Å². The van der Waals surface area contributed by atoms with Crippen LogP contribution in [0.3, 0.4) is 0 Å². The minimum atomic E-state index is 0.203. The summed E-state index contributed by atoms with van der Waals surface area (Å²) in [4.78, 5) is 7.60. The Kier molecular flexibility index (Phi) is 4.58. The van der Waals surface area contributed by atoms with Crippen molar-refractivity contribution in [2.24, 2.45) is 0 Å². The molecule has 2 rings (SSSR count). The molecule has 1 N–H and O–H groups in total. The van der Waals surface area contributed by atoms with Crippen molar-refractivity contribution in [2.75, 3.05) is 6.26 Å². The minimum absolute atomic E-state index is 0.203. The number of nitrogens with zero attached hydrogens (tertiary/aromatic N) is 2. The molecule has 3 nitrogen and oxygen atoms in total. The first-order chi connectivity index (χ1) is 9.05. The zero-order valence-corrected chi connectivity index (χ0v) is 13.8. The highest BCUT2D eigenvalue weighted by atomic mass is 35.5. The molecular weight excluding hydrogens is 298 g/mol. The van der Waals surface area contributed by atoms with Crippen molar-refractivity contribution in [3.8, 4) is 0 Å². The van der Waals surface area contributed by atoms with Gasteiger partial charge in [0.25, 0.3) is 0 Å². The summed E-state index contributed by atoms with van der Waals surface area (Å²) in [5.41, 5.74) is 1.79. The van der Waals surface area contributed by atoms with Gasteiger partial charge in [-0.15, -0.1) is 0 Å². The van der Waals surface area contributed by atoms with Gasteiger partial charge in [-0.3, -0.25) is 0 Å². The van der Waals surface area contributed by atoms with Gasteiger partial charge in [-0.05, 0) is 37.4 Å². The highest BCUT2D eigenvalue weighted by Gasteiger charge is 2.26. The van der Waals surface area contributed by atoms with Crippen LogP contribution in [0.15, 0.2) is 12.3 Å². The average molecular weight is 316 g/mol. The van der Waals surface area contributed by atoms with Gasteiger partial charge in [-0.25, -0.2) is 4.98 Å². The number of thioether (sulfide) groups is 1. The molecule has 2 heterocycles. The summed E-state index contributed by atoms with van der Waals surface area (Å²) in [5, 5.41) is 0.623. The molecule has 0 amide bonds. The van der Waals surface area contributed by atoms with E-state index in [0.717, 1.165) is 30.6 Å². The van der Waals surface area contributed by atoms with Crippen LogP contribution in [0.25, 0.3) is 11.2 Å². The molecule has 0 atom stereocenters. The number of aromatic nitrogens is 3. The monoisotopic (exact) mass is 315 g/mol. The van der Waals surface area contributed by atoms with Gasteiger partial charge < -0.3 is 9.55 Å². The Morgan fingerprint density at radius 3 is 2.74 bits per heavy atom. The van der Waals surface area contributed by atoms with Gasteiger partial charge >= 0.3 is 0 Å². The Morgan fingerprint density at radius 2 is 2.16 bits per heavy atom. The second-order valence-electron chi connectivity index (χ2n) is 4.64. The lowest BCUT2D eigenvalue weighted by Crippen LogP contribution is -2.29. The van der Waals surface area contributed by atoms with E-state index in [1.807, 2.05) is 17.8 Å². The van der Waals surface area contributed by atoms with Gasteiger partial charge in [0, 0.05) is 17.5 Å². The molecule has 0 saturated heterocycles. The standard InChI is InChI=1S/C13H18ClN3S2/c1-4-13(5-2,19-3)8-17-11-10(16-12(17)18)6-9(14)7-15-11/h6-7H,4-5,8H2,1-3H3,(H,16,18). The lowest BCUT2D eigenvalue weighted by molar-refractivity contribution is 0.469. The second-order valence-corrected chi connectivity index (χ2v) is 6.73. The molecule has 19 heavy (non-hydrogen) atoms. The van der Waals surface area contributed by atoms with Crippen molar-refractivity contribution in [2.45, 2.75) is 38.0 Å². The minimum Gasteiger partial charge on any atom is -0.329 e. The average Bonchev–Trinajstić information content (AvgIpc) is 2.71. The molecule has 0 aliphatic rings. The molecule has 0 saturated carbocycles. The van der Waals surface area contributed by atoms with Gasteiger partial charge in [0.2, 0.25) is 0 Å². The maximum Gasteiger partial charge on any atom is 0.179 e. The number of hydrogen-bond donors (Lipinski definition) is 1. The summed E-state index contributed by atoms with van der Waals surface area (Å²) in [7, 11) is 0. The quantitative estimate of drug-likeness (QED) is 0.814. The van der Waals surface area contributed by atoms with Crippen LogP contribution >= 0.6 is 35.6 Å². The Balaban J connectivity index is 2.51. The molecule has 104 valence electrons. The Hall–Kier alpha value is -0.520. The molecule has 2 aromatic rings. The number of imidazole rings is 1. The normalized spacial score (nSPS) is 12.2. The van der Waals surface area contributed by atoms with Crippen molar-refractivity contribution in [1.82, 2.24) is 14.5 Å². The van der Waals surface area contributed by atoms with E-state index in [0.29, 0.717) is 9.79 Å². The highest BCUT2D eigenvalue weighted by molar-refractivity contribution is 8.00. The summed E-state index contributed by atoms with van der Waals surface area (Å²) in [5.74, 6) is 0. The number of aromatic amines is 1. The number of fused-ring (bicyclic) bond motifs is 1. The van der Waals surface area contributed by atoms with Crippen LogP contribution < -0.4 is 0 Å². The smallest absolute Gasteiger partial charge is 0.179 e. The fourth-order valence-corrected chi connectivity index (χ4v) is 3.53. The van der Waals surface area contributed by atoms with Gasteiger partial charge in [-0.2, -0.15) is 11.8 Å². The first-order valence-corrected chi connectivity index (χ1v) is 8.35. The summed E-state index contributed by atoms with van der Waals surface area (Å²) in [6.07, 6.45) is 6.04. The van der Waals surface area contributed by atoms with E-state index in [1.54, 1.807) is 6.20 Å². The van der Waals surface area contributed by atoms with Crippen molar-refractivity contribution < 1.29 is 0 Å². The van der Waals surface area contributed by atoms with E-state index in [1.165, 1.54) is 0 Å². The van der Waals surface area contributed by atoms with Crippen LogP contribution in [0.2, 0.25) is 5.02 Å². The van der Waals surface area contributed by atoms with Crippen molar-refractivity contribution in [3.63, 3.8) is 0 Å². The molecular formula is C13H18ClN3S2. The van der Waals surface area contributed by atoms with Gasteiger partial charge in [-0.1, -0.05) is 25.4 Å². The van der Waals surface area contributed by atoms with Crippen LogP contribution in [0.1, 0.15) is 26.7 Å². The number of H-pyrrole nitrogens is 1. The molecule has 0 bridgehead atoms. The third-order valence-electron chi connectivity index (χ3n) is 3.74. The van der Waals surface area contributed by atoms with Crippen molar-refractivity contribution >= 4 is 46.7 Å². The molecule has 0 unspecified atom stereocenters. The number of hydrogen-bond acceptors (Lipinski definition) is 3. The summed E-state index contributed by atoms with van der Waals surface area (Å²) < 4.78 is 3.00. The van der Waals surface area contributed by atoms with E-state index in [-0.39, 0.29) is 4.75 Å². The molecule has 0 spiro atoms. The van der Waals surface area contributed by atoms with Gasteiger partial charge in [0.15, 0.2) is 10.4 Å². The first-order valence-electron chi connectivity index (χ1n) is 6.34. The predicted molar refractivity (Wildman–Crippen MR) is 86.8 cm³/mol. The SMILES string of the molecule is CCC(CC)(Cn1c(=S)[nH]c2cc(Cl)cnc21)SC. The molecule has 0 aliphatic heterocycles. The number of pyridine rings is 1. The van der Waals surface area contributed by atoms with Crippen molar-refractivity contribution in [1.29, 1.82) is 0 Å². The van der Waals surface area contributed by atoms with E-state index in [2.05, 4.69) is 34.6 Å². The fraction of sp³-hybridized carbons (Fsp3) is 0.538. The van der Waals surface area contributed by atoms with E-state index < -0.39 is 0 Å². The third kappa shape index (κ3) is 2.83. The van der Waals surface area contributed by atoms with Gasteiger partial charge in [0.1, 0.15) is 0 Å². The van der Waals surface area contributed by atoms with Gasteiger partial charge in [0.05, 0.1) is 10.5 Å². The fourth-order valence-electron chi connectivity index (χ4n) is 2.28. The molecule has 2 aromatic heterocycles. The second kappa shape index (κ2) is 5.85. The van der Waals surface area contributed by atoms with Crippen LogP contribution in [0, 0.1) is 4.77 Å². The predicted octanol–water partition coefficient (Wildman–Crippen LogP) is 4.67. The summed E-state index contributed by atoms with van der Waals surface area (Å²) in [6.45, 7) is 5.32.